The lowest BCUT2D eigenvalue weighted by molar-refractivity contribution is 0.318. The molecule has 0 aromatic heterocycles. The Kier molecular flexibility index (Phi) is 1.57. The zero-order chi connectivity index (χ0) is 8.55. The van der Waals surface area contributed by atoms with Gasteiger partial charge in [0, 0.05) is 5.56 Å². The third kappa shape index (κ3) is 0.897. The molecule has 0 unspecified atom stereocenters. The number of hydrogen-bond donors (Lipinski definition) is 1. The molecule has 2 rings (SSSR count). The monoisotopic (exact) mass is 165 g/mol. The number of halogens is 1. The fraction of sp³-hybridized carbons (Fsp3) is 0.222. The Morgan fingerprint density at radius 3 is 2.92 bits per heavy atom. The van der Waals surface area contributed by atoms with Crippen molar-refractivity contribution in [1.82, 2.24) is 0 Å². The molecule has 2 nitrogen and oxygen atoms in total. The van der Waals surface area contributed by atoms with Gasteiger partial charge in [0.15, 0.2) is 0 Å². The molecule has 1 aromatic rings. The third-order valence-corrected chi connectivity index (χ3v) is 2.14. The normalized spacial score (nSPS) is 18.2. The third-order valence-electron chi connectivity index (χ3n) is 2.14. The molecular formula is C9H8FNO. The van der Waals surface area contributed by atoms with Crippen molar-refractivity contribution in [3.8, 4) is 0 Å². The van der Waals surface area contributed by atoms with E-state index in [1.165, 1.54) is 6.07 Å². The van der Waals surface area contributed by atoms with Gasteiger partial charge in [0.2, 0.25) is 0 Å². The quantitative estimate of drug-likeness (QED) is 0.462. The Morgan fingerprint density at radius 2 is 2.17 bits per heavy atom. The predicted octanol–water partition coefficient (Wildman–Crippen LogP) is 1.95. The zero-order valence-corrected chi connectivity index (χ0v) is 6.42. The molecular weight excluding hydrogens is 157 g/mol. The lowest BCUT2D eigenvalue weighted by atomic mass is 10.1. The van der Waals surface area contributed by atoms with E-state index in [0.29, 0.717) is 17.7 Å². The van der Waals surface area contributed by atoms with Gasteiger partial charge in [-0.2, -0.15) is 0 Å². The maximum absolute atomic E-state index is 13.1. The molecule has 0 radical (unpaired) electrons. The van der Waals surface area contributed by atoms with E-state index in [9.17, 15) is 4.39 Å². The molecule has 0 aliphatic heterocycles. The fourth-order valence-corrected chi connectivity index (χ4v) is 1.58. The van der Waals surface area contributed by atoms with Crippen LogP contribution in [0.4, 0.5) is 4.39 Å². The maximum atomic E-state index is 13.1. The highest BCUT2D eigenvalue weighted by Crippen LogP contribution is 2.24. The number of hydrogen-bond acceptors (Lipinski definition) is 2. The molecule has 1 aromatic carbocycles. The van der Waals surface area contributed by atoms with Crippen molar-refractivity contribution >= 4 is 5.71 Å². The first kappa shape index (κ1) is 7.28. The highest BCUT2D eigenvalue weighted by Gasteiger charge is 2.21. The summed E-state index contributed by atoms with van der Waals surface area (Å²) < 4.78 is 13.1. The van der Waals surface area contributed by atoms with Gasteiger partial charge in [-0.25, -0.2) is 4.39 Å². The molecule has 0 bridgehead atoms. The van der Waals surface area contributed by atoms with Gasteiger partial charge in [-0.3, -0.25) is 0 Å². The first-order valence-corrected chi connectivity index (χ1v) is 3.81. The summed E-state index contributed by atoms with van der Waals surface area (Å²) in [4.78, 5) is 0. The van der Waals surface area contributed by atoms with E-state index >= 15 is 0 Å². The van der Waals surface area contributed by atoms with E-state index in [-0.39, 0.29) is 5.82 Å². The smallest absolute Gasteiger partial charge is 0.132 e. The number of aryl methyl sites for hydroxylation is 1. The van der Waals surface area contributed by atoms with Gasteiger partial charge in [0.1, 0.15) is 5.82 Å². The van der Waals surface area contributed by atoms with E-state index < -0.39 is 0 Å². The van der Waals surface area contributed by atoms with Gasteiger partial charge in [-0.15, -0.1) is 0 Å². The fourth-order valence-electron chi connectivity index (χ4n) is 1.58. The first-order chi connectivity index (χ1) is 5.83. The van der Waals surface area contributed by atoms with Crippen LogP contribution in [0.25, 0.3) is 0 Å². The summed E-state index contributed by atoms with van der Waals surface area (Å²) in [5, 5.41) is 11.6. The maximum Gasteiger partial charge on any atom is 0.132 e. The molecule has 62 valence electrons. The predicted molar refractivity (Wildman–Crippen MR) is 43.0 cm³/mol. The van der Waals surface area contributed by atoms with Crippen LogP contribution in [-0.2, 0) is 6.42 Å². The van der Waals surface area contributed by atoms with E-state index in [2.05, 4.69) is 5.16 Å². The molecule has 1 aliphatic carbocycles. The highest BCUT2D eigenvalue weighted by molar-refractivity contribution is 6.04. The van der Waals surface area contributed by atoms with Crippen molar-refractivity contribution in [2.45, 2.75) is 12.8 Å². The summed E-state index contributed by atoms with van der Waals surface area (Å²) in [6.45, 7) is 0. The van der Waals surface area contributed by atoms with Crippen molar-refractivity contribution in [3.63, 3.8) is 0 Å². The van der Waals surface area contributed by atoms with Crippen LogP contribution in [0.1, 0.15) is 17.5 Å². The lowest BCUT2D eigenvalue weighted by Gasteiger charge is -1.98. The molecule has 1 aliphatic rings. The SMILES string of the molecule is ON=C1CCc2cccc(F)c21. The summed E-state index contributed by atoms with van der Waals surface area (Å²) in [5.74, 6) is -0.294. The van der Waals surface area contributed by atoms with Gasteiger partial charge in [-0.1, -0.05) is 17.3 Å². The Morgan fingerprint density at radius 1 is 1.33 bits per heavy atom. The summed E-state index contributed by atoms with van der Waals surface area (Å²) in [5.41, 5.74) is 1.88. The average molecular weight is 165 g/mol. The second-order valence-corrected chi connectivity index (χ2v) is 2.82. The van der Waals surface area contributed by atoms with Crippen LogP contribution in [0, 0.1) is 5.82 Å². The molecule has 1 N–H and O–H groups in total. The Labute approximate surface area is 69.3 Å². The number of oxime groups is 1. The minimum atomic E-state index is -0.294. The number of nitrogens with zero attached hydrogens (tertiary/aromatic N) is 1. The second kappa shape index (κ2) is 2.59. The Hall–Kier alpha value is -1.38. The molecule has 0 saturated carbocycles. The summed E-state index contributed by atoms with van der Waals surface area (Å²) in [7, 11) is 0. The van der Waals surface area contributed by atoms with Crippen LogP contribution in [0.15, 0.2) is 23.4 Å². The molecule has 0 atom stereocenters. The van der Waals surface area contributed by atoms with Gasteiger partial charge >= 0.3 is 0 Å². The van der Waals surface area contributed by atoms with Gasteiger partial charge in [-0.05, 0) is 24.5 Å². The van der Waals surface area contributed by atoms with Crippen molar-refractivity contribution in [2.24, 2.45) is 5.16 Å². The summed E-state index contributed by atoms with van der Waals surface area (Å²) in [6, 6.07) is 4.92. The molecule has 12 heavy (non-hydrogen) atoms. The van der Waals surface area contributed by atoms with Gasteiger partial charge < -0.3 is 5.21 Å². The van der Waals surface area contributed by atoms with Crippen LogP contribution >= 0.6 is 0 Å². The van der Waals surface area contributed by atoms with E-state index in [4.69, 9.17) is 5.21 Å². The molecule has 0 spiro atoms. The van der Waals surface area contributed by atoms with Crippen LogP contribution in [0.3, 0.4) is 0 Å². The van der Waals surface area contributed by atoms with Gasteiger partial charge in [0.25, 0.3) is 0 Å². The van der Waals surface area contributed by atoms with E-state index in [1.807, 2.05) is 6.07 Å². The Balaban J connectivity index is 2.63. The van der Waals surface area contributed by atoms with E-state index in [1.54, 1.807) is 6.07 Å². The van der Waals surface area contributed by atoms with Gasteiger partial charge in [0.05, 0.1) is 5.71 Å². The Bertz CT molecular complexity index is 346. The van der Waals surface area contributed by atoms with Crippen molar-refractivity contribution in [1.29, 1.82) is 0 Å². The molecule has 3 heteroatoms. The number of rotatable bonds is 0. The minimum Gasteiger partial charge on any atom is -0.411 e. The second-order valence-electron chi connectivity index (χ2n) is 2.82. The summed E-state index contributed by atoms with van der Waals surface area (Å²) >= 11 is 0. The van der Waals surface area contributed by atoms with Crippen LogP contribution < -0.4 is 0 Å². The van der Waals surface area contributed by atoms with Crippen molar-refractivity contribution in [2.75, 3.05) is 0 Å². The number of benzene rings is 1. The van der Waals surface area contributed by atoms with Crippen molar-refractivity contribution in [3.05, 3.63) is 35.1 Å². The van der Waals surface area contributed by atoms with Crippen LogP contribution in [0.2, 0.25) is 0 Å². The molecule has 0 heterocycles. The topological polar surface area (TPSA) is 32.6 Å². The largest absolute Gasteiger partial charge is 0.411 e. The highest BCUT2D eigenvalue weighted by atomic mass is 19.1. The first-order valence-electron chi connectivity index (χ1n) is 3.81. The van der Waals surface area contributed by atoms with Crippen LogP contribution in [0.5, 0.6) is 0 Å². The average Bonchev–Trinajstić information content (AvgIpc) is 2.49. The van der Waals surface area contributed by atoms with E-state index in [0.717, 1.165) is 12.0 Å². The lowest BCUT2D eigenvalue weighted by Crippen LogP contribution is -1.97. The summed E-state index contributed by atoms with van der Waals surface area (Å²) in [6.07, 6.45) is 1.40. The molecule has 0 fully saturated rings. The zero-order valence-electron chi connectivity index (χ0n) is 6.42. The minimum absolute atomic E-state index is 0.294. The standard InChI is InChI=1S/C9H8FNO/c10-7-3-1-2-6-4-5-8(11-12)9(6)7/h1-3,12H,4-5H2. The number of fused-ring (bicyclic) bond motifs is 1. The van der Waals surface area contributed by atoms with Crippen LogP contribution in [-0.4, -0.2) is 10.9 Å². The molecule has 0 saturated heterocycles. The molecule has 0 amide bonds. The van der Waals surface area contributed by atoms with Crippen molar-refractivity contribution < 1.29 is 9.60 Å².